The van der Waals surface area contributed by atoms with E-state index in [0.717, 1.165) is 24.0 Å². The topological polar surface area (TPSA) is 45.7 Å². The minimum atomic E-state index is 0. The van der Waals surface area contributed by atoms with Crippen LogP contribution >= 0.6 is 24.0 Å². The number of aryl methyl sites for hydroxylation is 3. The van der Waals surface area contributed by atoms with Crippen LogP contribution in [0.5, 0.6) is 0 Å². The van der Waals surface area contributed by atoms with Crippen molar-refractivity contribution in [3.63, 3.8) is 0 Å². The number of guanidine groups is 1. The van der Waals surface area contributed by atoms with E-state index >= 15 is 0 Å². The van der Waals surface area contributed by atoms with Crippen molar-refractivity contribution in [1.82, 2.24) is 14.8 Å². The van der Waals surface area contributed by atoms with Gasteiger partial charge in [-0.2, -0.15) is 0 Å². The zero-order valence-corrected chi connectivity index (χ0v) is 16.2. The summed E-state index contributed by atoms with van der Waals surface area (Å²) < 4.78 is 7.66. The molecule has 0 fully saturated rings. The van der Waals surface area contributed by atoms with Gasteiger partial charge in [-0.05, 0) is 32.0 Å². The minimum Gasteiger partial charge on any atom is -0.466 e. The molecule has 2 rings (SSSR count). The number of hydrogen-bond donors (Lipinski definition) is 1. The number of hydrogen-bond acceptors (Lipinski definition) is 2. The first-order valence-electron chi connectivity index (χ1n) is 7.09. The average Bonchev–Trinajstić information content (AvgIpc) is 2.97. The van der Waals surface area contributed by atoms with Crippen LogP contribution in [-0.4, -0.2) is 29.5 Å². The van der Waals surface area contributed by atoms with Crippen LogP contribution in [0.2, 0.25) is 0 Å². The van der Waals surface area contributed by atoms with Gasteiger partial charge in [-0.15, -0.1) is 24.0 Å². The number of aromatic nitrogens is 1. The zero-order chi connectivity index (χ0) is 15.4. The first-order valence-corrected chi connectivity index (χ1v) is 7.09. The molecule has 2 aromatic rings. The fourth-order valence-electron chi connectivity index (χ4n) is 2.40. The summed E-state index contributed by atoms with van der Waals surface area (Å²) >= 11 is 0. The second-order valence-electron chi connectivity index (χ2n) is 5.31. The van der Waals surface area contributed by atoms with Crippen LogP contribution in [0.4, 0.5) is 0 Å². The van der Waals surface area contributed by atoms with Gasteiger partial charge >= 0.3 is 0 Å². The van der Waals surface area contributed by atoms with Crippen LogP contribution in [0.15, 0.2) is 33.8 Å². The molecule has 0 aromatic carbocycles. The van der Waals surface area contributed by atoms with Gasteiger partial charge in [0, 0.05) is 45.1 Å². The number of aliphatic imine (C=N–C) groups is 1. The monoisotopic (exact) mass is 416 g/mol. The predicted molar refractivity (Wildman–Crippen MR) is 101 cm³/mol. The summed E-state index contributed by atoms with van der Waals surface area (Å²) in [7, 11) is 5.89. The fourth-order valence-corrected chi connectivity index (χ4v) is 2.40. The van der Waals surface area contributed by atoms with Gasteiger partial charge in [-0.25, -0.2) is 0 Å². The lowest BCUT2D eigenvalue weighted by Gasteiger charge is -2.22. The lowest BCUT2D eigenvalue weighted by atomic mass is 10.2. The van der Waals surface area contributed by atoms with Crippen molar-refractivity contribution < 1.29 is 4.42 Å². The molecule has 122 valence electrons. The van der Waals surface area contributed by atoms with Crippen molar-refractivity contribution in [2.75, 3.05) is 14.1 Å². The average molecular weight is 416 g/mol. The molecule has 0 aliphatic rings. The van der Waals surface area contributed by atoms with E-state index in [1.807, 2.05) is 20.9 Å². The maximum atomic E-state index is 5.55. The van der Waals surface area contributed by atoms with E-state index in [-0.39, 0.29) is 24.0 Å². The third-order valence-electron chi connectivity index (χ3n) is 3.60. The number of nitrogens with zero attached hydrogens (tertiary/aromatic N) is 3. The summed E-state index contributed by atoms with van der Waals surface area (Å²) in [6.45, 7) is 5.48. The lowest BCUT2D eigenvalue weighted by molar-refractivity contribution is 0.460. The molecule has 2 aromatic heterocycles. The second-order valence-corrected chi connectivity index (χ2v) is 5.31. The summed E-state index contributed by atoms with van der Waals surface area (Å²) in [5.41, 5.74) is 2.41. The molecular weight excluding hydrogens is 391 g/mol. The Hall–Kier alpha value is -1.44. The Balaban J connectivity index is 0.00000242. The highest BCUT2D eigenvalue weighted by Crippen LogP contribution is 2.13. The third kappa shape index (κ3) is 4.53. The van der Waals surface area contributed by atoms with Gasteiger partial charge in [-0.1, -0.05) is 0 Å². The van der Waals surface area contributed by atoms with E-state index in [2.05, 4.69) is 51.2 Å². The Labute approximate surface area is 149 Å². The van der Waals surface area contributed by atoms with Crippen LogP contribution in [0, 0.1) is 13.8 Å². The van der Waals surface area contributed by atoms with Crippen LogP contribution in [0.1, 0.15) is 22.8 Å². The standard InChI is InChI=1S/C16H24N4O.HI/c1-12-9-14(13(2)21-12)10-18-16(17-3)20(5)11-15-7-6-8-19(15)4;/h6-9H,10-11H2,1-5H3,(H,17,18);1H. The van der Waals surface area contributed by atoms with Crippen molar-refractivity contribution in [1.29, 1.82) is 0 Å². The largest absolute Gasteiger partial charge is 0.466 e. The maximum Gasteiger partial charge on any atom is 0.194 e. The van der Waals surface area contributed by atoms with Gasteiger partial charge < -0.3 is 19.2 Å². The lowest BCUT2D eigenvalue weighted by Crippen LogP contribution is -2.38. The SMILES string of the molecule is CN=C(NCc1cc(C)oc1C)N(C)Cc1cccn1C.I. The quantitative estimate of drug-likeness (QED) is 0.474. The van der Waals surface area contributed by atoms with Crippen LogP contribution in [0.25, 0.3) is 0 Å². The summed E-state index contributed by atoms with van der Waals surface area (Å²) in [6, 6.07) is 6.23. The number of halogens is 1. The van der Waals surface area contributed by atoms with E-state index in [9.17, 15) is 0 Å². The minimum absolute atomic E-state index is 0. The van der Waals surface area contributed by atoms with E-state index in [0.29, 0.717) is 6.54 Å². The van der Waals surface area contributed by atoms with Crippen molar-refractivity contribution in [3.05, 3.63) is 47.2 Å². The highest BCUT2D eigenvalue weighted by Gasteiger charge is 2.10. The summed E-state index contributed by atoms with van der Waals surface area (Å²) in [4.78, 5) is 6.45. The van der Waals surface area contributed by atoms with Crippen LogP contribution in [0.3, 0.4) is 0 Å². The molecule has 0 saturated heterocycles. The molecule has 0 spiro atoms. The maximum absolute atomic E-state index is 5.55. The van der Waals surface area contributed by atoms with E-state index in [1.165, 1.54) is 11.3 Å². The van der Waals surface area contributed by atoms with Crippen molar-refractivity contribution in [3.8, 4) is 0 Å². The van der Waals surface area contributed by atoms with E-state index < -0.39 is 0 Å². The van der Waals surface area contributed by atoms with Gasteiger partial charge in [0.05, 0.1) is 6.54 Å². The predicted octanol–water partition coefficient (Wildman–Crippen LogP) is 3.06. The Morgan fingerprint density at radius 2 is 2.14 bits per heavy atom. The number of rotatable bonds is 4. The molecule has 22 heavy (non-hydrogen) atoms. The van der Waals surface area contributed by atoms with Crippen molar-refractivity contribution >= 4 is 29.9 Å². The van der Waals surface area contributed by atoms with Gasteiger partial charge in [-0.3, -0.25) is 4.99 Å². The molecule has 0 bridgehead atoms. The van der Waals surface area contributed by atoms with Gasteiger partial charge in [0.2, 0.25) is 0 Å². The van der Waals surface area contributed by atoms with Crippen molar-refractivity contribution in [2.45, 2.75) is 26.9 Å². The van der Waals surface area contributed by atoms with Crippen LogP contribution in [-0.2, 0) is 20.1 Å². The molecule has 0 unspecified atom stereocenters. The Morgan fingerprint density at radius 1 is 1.41 bits per heavy atom. The fraction of sp³-hybridized carbons (Fsp3) is 0.438. The molecular formula is C16H25IN4O. The van der Waals surface area contributed by atoms with Gasteiger partial charge in [0.15, 0.2) is 5.96 Å². The smallest absolute Gasteiger partial charge is 0.194 e. The summed E-state index contributed by atoms with van der Waals surface area (Å²) in [5, 5.41) is 3.38. The zero-order valence-electron chi connectivity index (χ0n) is 13.9. The van der Waals surface area contributed by atoms with E-state index in [4.69, 9.17) is 4.42 Å². The molecule has 5 nitrogen and oxygen atoms in total. The van der Waals surface area contributed by atoms with E-state index in [1.54, 1.807) is 7.05 Å². The summed E-state index contributed by atoms with van der Waals surface area (Å²) in [6.07, 6.45) is 2.05. The molecule has 0 saturated carbocycles. The number of nitrogens with one attached hydrogen (secondary N) is 1. The molecule has 0 atom stereocenters. The second kappa shape index (κ2) is 8.26. The highest BCUT2D eigenvalue weighted by atomic mass is 127. The molecule has 0 amide bonds. The highest BCUT2D eigenvalue weighted by molar-refractivity contribution is 14.0. The first kappa shape index (κ1) is 18.6. The molecule has 1 N–H and O–H groups in total. The molecule has 6 heteroatoms. The summed E-state index contributed by atoms with van der Waals surface area (Å²) in [5.74, 6) is 2.77. The number of furan rings is 1. The molecule has 0 aliphatic heterocycles. The van der Waals surface area contributed by atoms with Crippen LogP contribution < -0.4 is 5.32 Å². The van der Waals surface area contributed by atoms with Gasteiger partial charge in [0.1, 0.15) is 11.5 Å². The molecule has 0 aliphatic carbocycles. The Morgan fingerprint density at radius 3 is 2.64 bits per heavy atom. The molecule has 0 radical (unpaired) electrons. The normalized spacial score (nSPS) is 11.2. The Bertz CT molecular complexity index is 630. The third-order valence-corrected chi connectivity index (χ3v) is 3.60. The van der Waals surface area contributed by atoms with Crippen molar-refractivity contribution in [2.24, 2.45) is 12.0 Å². The first-order chi connectivity index (χ1) is 10.0. The van der Waals surface area contributed by atoms with Gasteiger partial charge in [0.25, 0.3) is 0 Å². The Kier molecular flexibility index (Phi) is 6.99. The molecule has 2 heterocycles.